The molecule has 0 amide bonds. The molecule has 0 aliphatic heterocycles. The summed E-state index contributed by atoms with van der Waals surface area (Å²) >= 11 is 0. The van der Waals surface area contributed by atoms with Crippen molar-refractivity contribution in [1.29, 1.82) is 0 Å². The van der Waals surface area contributed by atoms with Crippen LogP contribution in [0.1, 0.15) is 20.7 Å². The Labute approximate surface area is 175 Å². The number of benzene rings is 2. The van der Waals surface area contributed by atoms with E-state index < -0.39 is 92.0 Å². The fraction of sp³-hybridized carbons (Fsp3) is 0.125. The number of ether oxygens (including phenoxy) is 2. The minimum Gasteiger partial charge on any atom is -0.504 e. The van der Waals surface area contributed by atoms with Gasteiger partial charge in [0, 0.05) is 12.1 Å². The average molecular weight is 456 g/mol. The van der Waals surface area contributed by atoms with Gasteiger partial charge in [0.05, 0.1) is 9.85 Å². The lowest BCUT2D eigenvalue weighted by Crippen LogP contribution is -2.16. The lowest BCUT2D eigenvalue weighted by atomic mass is 10.1. The Morgan fingerprint density at radius 2 is 1.00 bits per heavy atom. The molecule has 0 aromatic heterocycles. The van der Waals surface area contributed by atoms with Crippen LogP contribution in [-0.4, -0.2) is 65.6 Å². The van der Waals surface area contributed by atoms with E-state index in [4.69, 9.17) is 0 Å². The summed E-state index contributed by atoms with van der Waals surface area (Å²) < 4.78 is 9.20. The first-order valence-electron chi connectivity index (χ1n) is 8.07. The molecule has 2 aromatic carbocycles. The minimum atomic E-state index is -1.47. The zero-order valence-electron chi connectivity index (χ0n) is 15.4. The summed E-state index contributed by atoms with van der Waals surface area (Å²) in [6.07, 6.45) is 0. The first-order valence-corrected chi connectivity index (χ1v) is 8.07. The molecule has 2 aromatic rings. The van der Waals surface area contributed by atoms with Gasteiger partial charge in [-0.1, -0.05) is 0 Å². The number of nitro benzene ring substituents is 2. The van der Waals surface area contributed by atoms with Gasteiger partial charge in [-0.3, -0.25) is 20.2 Å². The fourth-order valence-corrected chi connectivity index (χ4v) is 2.37. The van der Waals surface area contributed by atoms with Crippen molar-refractivity contribution in [2.75, 3.05) is 13.2 Å². The van der Waals surface area contributed by atoms with Gasteiger partial charge in [-0.2, -0.15) is 0 Å². The lowest BCUT2D eigenvalue weighted by Gasteiger charge is -2.10. The van der Waals surface area contributed by atoms with Crippen LogP contribution >= 0.6 is 0 Å². The molecule has 0 radical (unpaired) electrons. The smallest absolute Gasteiger partial charge is 0.345 e. The van der Waals surface area contributed by atoms with Crippen LogP contribution in [0.5, 0.6) is 34.5 Å². The van der Waals surface area contributed by atoms with E-state index >= 15 is 0 Å². The molecule has 16 nitrogen and oxygen atoms in total. The van der Waals surface area contributed by atoms with Crippen LogP contribution in [0.4, 0.5) is 11.4 Å². The zero-order chi connectivity index (χ0) is 24.3. The van der Waals surface area contributed by atoms with Crippen molar-refractivity contribution in [2.45, 2.75) is 0 Å². The second kappa shape index (κ2) is 8.78. The summed E-state index contributed by atoms with van der Waals surface area (Å²) in [6.45, 7) is -1.54. The largest absolute Gasteiger partial charge is 0.504 e. The van der Waals surface area contributed by atoms with Gasteiger partial charge >= 0.3 is 23.3 Å². The number of esters is 2. The highest BCUT2D eigenvalue weighted by atomic mass is 16.6. The maximum Gasteiger partial charge on any atom is 0.345 e. The van der Waals surface area contributed by atoms with Gasteiger partial charge in [-0.25, -0.2) is 9.59 Å². The van der Waals surface area contributed by atoms with Crippen molar-refractivity contribution < 1.29 is 59.5 Å². The van der Waals surface area contributed by atoms with Gasteiger partial charge < -0.3 is 40.1 Å². The maximum absolute atomic E-state index is 12.0. The second-order valence-electron chi connectivity index (χ2n) is 5.76. The molecule has 0 aliphatic rings. The Kier molecular flexibility index (Phi) is 6.38. The van der Waals surface area contributed by atoms with Gasteiger partial charge in [-0.05, 0) is 0 Å². The van der Waals surface area contributed by atoms with Crippen molar-refractivity contribution >= 4 is 23.3 Å². The molecule has 0 saturated heterocycles. The molecule has 16 heteroatoms. The predicted molar refractivity (Wildman–Crippen MR) is 96.7 cm³/mol. The molecule has 6 N–H and O–H groups in total. The Bertz CT molecular complexity index is 1050. The average Bonchev–Trinajstić information content (AvgIpc) is 2.71. The number of nitrogens with zero attached hydrogens (tertiary/aromatic N) is 2. The van der Waals surface area contributed by atoms with Crippen LogP contribution in [0.3, 0.4) is 0 Å². The van der Waals surface area contributed by atoms with Crippen molar-refractivity contribution in [1.82, 2.24) is 0 Å². The second-order valence-corrected chi connectivity index (χ2v) is 5.76. The molecule has 0 saturated carbocycles. The highest BCUT2D eigenvalue weighted by Gasteiger charge is 2.32. The van der Waals surface area contributed by atoms with Crippen LogP contribution in [0.25, 0.3) is 0 Å². The molecule has 0 atom stereocenters. The number of phenolic OH excluding ortho intramolecular Hbond substituents is 6. The van der Waals surface area contributed by atoms with Crippen LogP contribution in [0, 0.1) is 20.2 Å². The van der Waals surface area contributed by atoms with Crippen molar-refractivity contribution in [3.05, 3.63) is 43.5 Å². The van der Waals surface area contributed by atoms with Crippen LogP contribution in [0.15, 0.2) is 12.1 Å². The van der Waals surface area contributed by atoms with E-state index in [1.54, 1.807) is 0 Å². The number of rotatable bonds is 7. The Morgan fingerprint density at radius 1 is 0.688 bits per heavy atom. The molecule has 32 heavy (non-hydrogen) atoms. The number of aromatic hydroxyl groups is 6. The first kappa shape index (κ1) is 23.3. The van der Waals surface area contributed by atoms with Crippen molar-refractivity contribution in [2.24, 2.45) is 0 Å². The SMILES string of the molecule is O=C(OCCOC(=O)c1cc(O)c(O)c(O)c1[N+](=O)[O-])c1cc(O)c(O)c(O)c1[N+](=O)[O-]. The topological polar surface area (TPSA) is 260 Å². The van der Waals surface area contributed by atoms with Gasteiger partial charge in [0.15, 0.2) is 11.5 Å². The molecule has 0 aliphatic carbocycles. The Morgan fingerprint density at radius 3 is 1.28 bits per heavy atom. The number of carbonyl (C=O) groups is 2. The van der Waals surface area contributed by atoms with E-state index in [1.807, 2.05) is 0 Å². The normalized spacial score (nSPS) is 10.4. The van der Waals surface area contributed by atoms with Crippen molar-refractivity contribution in [3.63, 3.8) is 0 Å². The van der Waals surface area contributed by atoms with E-state index in [0.717, 1.165) is 0 Å². The minimum absolute atomic E-state index is 0.451. The maximum atomic E-state index is 12.0. The number of nitro groups is 2. The zero-order valence-corrected chi connectivity index (χ0v) is 15.4. The van der Waals surface area contributed by atoms with E-state index in [2.05, 4.69) is 9.47 Å². The molecule has 2 rings (SSSR count). The summed E-state index contributed by atoms with van der Waals surface area (Å²) in [5.74, 6) is -10.3. The third-order valence-corrected chi connectivity index (χ3v) is 3.81. The molecule has 0 unspecified atom stereocenters. The van der Waals surface area contributed by atoms with E-state index in [9.17, 15) is 60.5 Å². The van der Waals surface area contributed by atoms with Crippen LogP contribution in [-0.2, 0) is 9.47 Å². The standard InChI is InChI=1S/C16H12N2O14/c19-7-3-5(9(17(27)28)13(23)11(7)21)15(25)31-1-2-32-16(26)6-4-8(20)12(22)14(24)10(6)18(29)30/h3-4,19-24H,1-2H2. The van der Waals surface area contributed by atoms with Gasteiger partial charge in [0.2, 0.25) is 23.0 Å². The molecular weight excluding hydrogens is 444 g/mol. The first-order chi connectivity index (χ1) is 14.9. The Balaban J connectivity index is 2.13. The quantitative estimate of drug-likeness (QED) is 0.110. The molecule has 0 spiro atoms. The summed E-state index contributed by atoms with van der Waals surface area (Å²) in [5, 5.41) is 78.6. The van der Waals surface area contributed by atoms with Gasteiger partial charge in [-0.15, -0.1) is 0 Å². The summed E-state index contributed by atoms with van der Waals surface area (Å²) in [7, 11) is 0. The third kappa shape index (κ3) is 4.27. The van der Waals surface area contributed by atoms with Crippen LogP contribution < -0.4 is 0 Å². The highest BCUT2D eigenvalue weighted by molar-refractivity contribution is 5.97. The van der Waals surface area contributed by atoms with Gasteiger partial charge in [0.25, 0.3) is 0 Å². The molecule has 0 fully saturated rings. The number of phenols is 6. The fourth-order valence-electron chi connectivity index (χ4n) is 2.37. The molecule has 0 bridgehead atoms. The van der Waals surface area contributed by atoms with Crippen molar-refractivity contribution in [3.8, 4) is 34.5 Å². The third-order valence-electron chi connectivity index (χ3n) is 3.81. The monoisotopic (exact) mass is 456 g/mol. The molecule has 170 valence electrons. The highest BCUT2D eigenvalue weighted by Crippen LogP contribution is 2.45. The lowest BCUT2D eigenvalue weighted by molar-refractivity contribution is -0.386. The molecular formula is C16H12N2O14. The van der Waals surface area contributed by atoms with E-state index in [0.29, 0.717) is 12.1 Å². The molecule has 0 heterocycles. The van der Waals surface area contributed by atoms with E-state index in [-0.39, 0.29) is 0 Å². The summed E-state index contributed by atoms with van der Waals surface area (Å²) in [5.41, 5.74) is -4.43. The number of hydrogen-bond acceptors (Lipinski definition) is 14. The van der Waals surface area contributed by atoms with Crippen LogP contribution in [0.2, 0.25) is 0 Å². The Hall–Kier alpha value is -5.02. The summed E-state index contributed by atoms with van der Waals surface area (Å²) in [6, 6.07) is 0.903. The number of carbonyl (C=O) groups excluding carboxylic acids is 2. The van der Waals surface area contributed by atoms with E-state index in [1.165, 1.54) is 0 Å². The van der Waals surface area contributed by atoms with Gasteiger partial charge in [0.1, 0.15) is 24.3 Å². The summed E-state index contributed by atoms with van der Waals surface area (Å²) in [4.78, 5) is 43.6. The predicted octanol–water partition coefficient (Wildman–Crippen LogP) is 0.750. The number of hydrogen-bond donors (Lipinski definition) is 6.